The first-order valence-corrected chi connectivity index (χ1v) is 10.4. The normalized spacial score (nSPS) is 16.5. The molecular weight excluding hydrogens is 388 g/mol. The molecule has 1 aliphatic carbocycles. The van der Waals surface area contributed by atoms with Gasteiger partial charge in [-0.2, -0.15) is 0 Å². The number of methoxy groups -OCH3 is 1. The average Bonchev–Trinajstić information content (AvgIpc) is 3.06. The third kappa shape index (κ3) is 3.64. The van der Waals surface area contributed by atoms with Gasteiger partial charge in [0.1, 0.15) is 22.7 Å². The zero-order chi connectivity index (χ0) is 20.8. The molecule has 0 bridgehead atoms. The lowest BCUT2D eigenvalue weighted by Crippen LogP contribution is -2.26. The van der Waals surface area contributed by atoms with Crippen LogP contribution in [0.4, 0.5) is 17.2 Å². The number of aryl methyl sites for hydroxylation is 1. The van der Waals surface area contributed by atoms with Gasteiger partial charge in [0.2, 0.25) is 0 Å². The molecule has 2 aromatic heterocycles. The van der Waals surface area contributed by atoms with Gasteiger partial charge in [0.05, 0.1) is 23.1 Å². The van der Waals surface area contributed by atoms with E-state index in [4.69, 9.17) is 4.74 Å². The SMILES string of the molecule is COc1ccc([N+](=O)[O-])cc1Nc1ncnc2sc3c(c12)CCC(C(C)(C)C)C3. The van der Waals surface area contributed by atoms with Gasteiger partial charge in [-0.25, -0.2) is 9.97 Å². The van der Waals surface area contributed by atoms with E-state index in [1.165, 1.54) is 28.9 Å². The third-order valence-electron chi connectivity index (χ3n) is 5.72. The molecule has 152 valence electrons. The van der Waals surface area contributed by atoms with E-state index >= 15 is 0 Å². The molecule has 2 heterocycles. The van der Waals surface area contributed by atoms with Crippen LogP contribution < -0.4 is 10.1 Å². The van der Waals surface area contributed by atoms with Crippen molar-refractivity contribution in [1.29, 1.82) is 0 Å². The van der Waals surface area contributed by atoms with Gasteiger partial charge in [-0.1, -0.05) is 20.8 Å². The minimum Gasteiger partial charge on any atom is -0.495 e. The minimum atomic E-state index is -0.417. The maximum Gasteiger partial charge on any atom is 0.271 e. The number of anilines is 2. The molecule has 0 aliphatic heterocycles. The minimum absolute atomic E-state index is 0.000957. The molecule has 1 aromatic carbocycles. The maximum atomic E-state index is 11.2. The van der Waals surface area contributed by atoms with Crippen LogP contribution in [0.25, 0.3) is 10.2 Å². The quantitative estimate of drug-likeness (QED) is 0.449. The fraction of sp³-hybridized carbons (Fsp3) is 0.429. The summed E-state index contributed by atoms with van der Waals surface area (Å²) in [6.45, 7) is 6.91. The highest BCUT2D eigenvalue weighted by molar-refractivity contribution is 7.19. The van der Waals surface area contributed by atoms with Crippen LogP contribution >= 0.6 is 11.3 Å². The summed E-state index contributed by atoms with van der Waals surface area (Å²) in [6.07, 6.45) is 4.72. The molecule has 0 fully saturated rings. The molecule has 1 N–H and O–H groups in total. The van der Waals surface area contributed by atoms with E-state index in [0.29, 0.717) is 23.2 Å². The summed E-state index contributed by atoms with van der Waals surface area (Å²) in [5.74, 6) is 1.84. The van der Waals surface area contributed by atoms with Gasteiger partial charge >= 0.3 is 0 Å². The first kappa shape index (κ1) is 19.6. The first-order chi connectivity index (χ1) is 13.8. The van der Waals surface area contributed by atoms with Crippen LogP contribution in [0.1, 0.15) is 37.6 Å². The largest absolute Gasteiger partial charge is 0.495 e. The van der Waals surface area contributed by atoms with E-state index in [1.54, 1.807) is 24.5 Å². The Kier molecular flexibility index (Phi) is 4.90. The van der Waals surface area contributed by atoms with Crippen LogP contribution in [-0.2, 0) is 12.8 Å². The Bertz CT molecular complexity index is 1090. The lowest BCUT2D eigenvalue weighted by atomic mass is 9.72. The maximum absolute atomic E-state index is 11.2. The molecule has 0 radical (unpaired) electrons. The van der Waals surface area contributed by atoms with Crippen LogP contribution in [0.2, 0.25) is 0 Å². The molecule has 0 amide bonds. The fourth-order valence-corrected chi connectivity index (χ4v) is 5.25. The molecule has 29 heavy (non-hydrogen) atoms. The number of fused-ring (bicyclic) bond motifs is 3. The van der Waals surface area contributed by atoms with Gasteiger partial charge in [-0.15, -0.1) is 11.3 Å². The molecule has 0 saturated heterocycles. The molecule has 4 rings (SSSR count). The third-order valence-corrected chi connectivity index (χ3v) is 6.88. The number of aromatic nitrogens is 2. The highest BCUT2D eigenvalue weighted by Crippen LogP contribution is 2.45. The summed E-state index contributed by atoms with van der Waals surface area (Å²) < 4.78 is 5.38. The highest BCUT2D eigenvalue weighted by Gasteiger charge is 2.31. The molecule has 8 heteroatoms. The fourth-order valence-electron chi connectivity index (χ4n) is 3.98. The predicted octanol–water partition coefficient (Wildman–Crippen LogP) is 5.50. The van der Waals surface area contributed by atoms with E-state index in [9.17, 15) is 10.1 Å². The Labute approximate surface area is 173 Å². The topological polar surface area (TPSA) is 90.2 Å². The molecule has 3 aromatic rings. The second kappa shape index (κ2) is 7.26. The number of thiophene rings is 1. The molecular formula is C21H24N4O3S. The van der Waals surface area contributed by atoms with Crippen molar-refractivity contribution in [3.8, 4) is 5.75 Å². The van der Waals surface area contributed by atoms with Gasteiger partial charge < -0.3 is 10.1 Å². The Morgan fingerprint density at radius 1 is 1.31 bits per heavy atom. The number of non-ortho nitro benzene ring substituents is 1. The van der Waals surface area contributed by atoms with Crippen molar-refractivity contribution in [2.45, 2.75) is 40.0 Å². The monoisotopic (exact) mass is 412 g/mol. The van der Waals surface area contributed by atoms with E-state index in [1.807, 2.05) is 0 Å². The van der Waals surface area contributed by atoms with Crippen LogP contribution in [0, 0.1) is 21.4 Å². The number of nitro benzene ring substituents is 1. The van der Waals surface area contributed by atoms with Gasteiger partial charge in [0.15, 0.2) is 0 Å². The van der Waals surface area contributed by atoms with E-state index in [-0.39, 0.29) is 11.1 Å². The van der Waals surface area contributed by atoms with Gasteiger partial charge in [-0.05, 0) is 42.2 Å². The lowest BCUT2D eigenvalue weighted by molar-refractivity contribution is -0.384. The van der Waals surface area contributed by atoms with E-state index in [2.05, 4.69) is 36.1 Å². The first-order valence-electron chi connectivity index (χ1n) is 9.62. The number of hydrogen-bond donors (Lipinski definition) is 1. The van der Waals surface area contributed by atoms with Crippen molar-refractivity contribution >= 4 is 38.7 Å². The smallest absolute Gasteiger partial charge is 0.271 e. The number of benzene rings is 1. The van der Waals surface area contributed by atoms with Crippen LogP contribution in [0.5, 0.6) is 5.75 Å². The standard InChI is InChI=1S/C21H24N4O3S/c1-21(2,3)12-5-7-14-17(9-12)29-20-18(14)19(22-11-23-20)24-15-10-13(25(26)27)6-8-16(15)28-4/h6,8,10-12H,5,7,9H2,1-4H3,(H,22,23,24). The van der Waals surface area contributed by atoms with Crippen molar-refractivity contribution < 1.29 is 9.66 Å². The van der Waals surface area contributed by atoms with Crippen molar-refractivity contribution in [3.63, 3.8) is 0 Å². The Morgan fingerprint density at radius 3 is 2.79 bits per heavy atom. The summed E-state index contributed by atoms with van der Waals surface area (Å²) in [5, 5.41) is 15.5. The number of rotatable bonds is 4. The molecule has 0 saturated carbocycles. The van der Waals surface area contributed by atoms with Crippen LogP contribution in [0.3, 0.4) is 0 Å². The summed E-state index contributed by atoms with van der Waals surface area (Å²) in [7, 11) is 1.54. The Morgan fingerprint density at radius 2 is 2.10 bits per heavy atom. The van der Waals surface area contributed by atoms with Gasteiger partial charge in [0, 0.05) is 17.0 Å². The second-order valence-corrected chi connectivity index (χ2v) is 9.56. The van der Waals surface area contributed by atoms with Crippen molar-refractivity contribution in [2.75, 3.05) is 12.4 Å². The van der Waals surface area contributed by atoms with Crippen molar-refractivity contribution in [3.05, 3.63) is 45.1 Å². The number of hydrogen-bond acceptors (Lipinski definition) is 7. The highest BCUT2D eigenvalue weighted by atomic mass is 32.1. The summed E-state index contributed by atoms with van der Waals surface area (Å²) >= 11 is 1.73. The molecule has 1 aliphatic rings. The van der Waals surface area contributed by atoms with Gasteiger partial charge in [0.25, 0.3) is 5.69 Å². The van der Waals surface area contributed by atoms with Crippen LogP contribution in [-0.4, -0.2) is 22.0 Å². The van der Waals surface area contributed by atoms with Crippen molar-refractivity contribution in [1.82, 2.24) is 9.97 Å². The Balaban J connectivity index is 1.76. The molecule has 7 nitrogen and oxygen atoms in total. The second-order valence-electron chi connectivity index (χ2n) is 8.48. The summed E-state index contributed by atoms with van der Waals surface area (Å²) in [5.41, 5.74) is 2.10. The number of nitro groups is 1. The summed E-state index contributed by atoms with van der Waals surface area (Å²) in [6, 6.07) is 4.50. The number of nitrogens with zero attached hydrogens (tertiary/aromatic N) is 3. The lowest BCUT2D eigenvalue weighted by Gasteiger charge is -2.33. The number of nitrogens with one attached hydrogen (secondary N) is 1. The van der Waals surface area contributed by atoms with Crippen LogP contribution in [0.15, 0.2) is 24.5 Å². The van der Waals surface area contributed by atoms with Crippen molar-refractivity contribution in [2.24, 2.45) is 11.3 Å². The molecule has 1 atom stereocenters. The zero-order valence-electron chi connectivity index (χ0n) is 17.0. The molecule has 0 spiro atoms. The predicted molar refractivity (Wildman–Crippen MR) is 115 cm³/mol. The molecule has 1 unspecified atom stereocenters. The van der Waals surface area contributed by atoms with Gasteiger partial charge in [-0.3, -0.25) is 10.1 Å². The van der Waals surface area contributed by atoms with E-state index < -0.39 is 4.92 Å². The van der Waals surface area contributed by atoms with E-state index in [0.717, 1.165) is 29.5 Å². The zero-order valence-corrected chi connectivity index (χ0v) is 17.8. The number of ether oxygens (including phenoxy) is 1. The summed E-state index contributed by atoms with van der Waals surface area (Å²) in [4.78, 5) is 22.1. The average molecular weight is 413 g/mol. The Hall–Kier alpha value is -2.74.